The van der Waals surface area contributed by atoms with Gasteiger partial charge >= 0.3 is 0 Å². The predicted molar refractivity (Wildman–Crippen MR) is 110 cm³/mol. The molecule has 0 aliphatic heterocycles. The number of rotatable bonds is 4. The molecule has 2 N–H and O–H groups in total. The van der Waals surface area contributed by atoms with Crippen molar-refractivity contribution >= 4 is 60.7 Å². The van der Waals surface area contributed by atoms with Crippen molar-refractivity contribution in [2.75, 3.05) is 11.8 Å². The van der Waals surface area contributed by atoms with E-state index in [1.165, 1.54) is 13.2 Å². The minimum absolute atomic E-state index is 0.103. The Morgan fingerprint density at radius 1 is 0.963 bits per heavy atom. The third kappa shape index (κ3) is 3.00. The molecule has 0 aliphatic carbocycles. The predicted octanol–water partition coefficient (Wildman–Crippen LogP) is 5.44. The fourth-order valence-electron chi connectivity index (χ4n) is 3.08. The number of nitrogens with one attached hydrogen (secondary N) is 2. The highest BCUT2D eigenvalue weighted by Crippen LogP contribution is 2.38. The minimum atomic E-state index is -3.97. The first-order valence-electron chi connectivity index (χ1n) is 7.96. The zero-order chi connectivity index (χ0) is 19.2. The summed E-state index contributed by atoms with van der Waals surface area (Å²) in [6, 6.07) is 15.4. The van der Waals surface area contributed by atoms with Crippen LogP contribution in [-0.4, -0.2) is 20.5 Å². The molecule has 0 radical (unpaired) electrons. The number of aromatic amines is 1. The second kappa shape index (κ2) is 6.64. The first kappa shape index (κ1) is 18.0. The zero-order valence-corrected chi connectivity index (χ0v) is 16.4. The third-order valence-corrected chi connectivity index (χ3v) is 6.32. The van der Waals surface area contributed by atoms with E-state index in [1.807, 2.05) is 24.3 Å². The molecule has 0 saturated carbocycles. The van der Waals surface area contributed by atoms with Gasteiger partial charge < -0.3 is 9.72 Å². The van der Waals surface area contributed by atoms with Gasteiger partial charge in [-0.3, -0.25) is 4.72 Å². The van der Waals surface area contributed by atoms with Crippen molar-refractivity contribution in [1.82, 2.24) is 4.98 Å². The highest BCUT2D eigenvalue weighted by atomic mass is 35.5. The van der Waals surface area contributed by atoms with Gasteiger partial charge in [0.05, 0.1) is 33.3 Å². The second-order valence-corrected chi connectivity index (χ2v) is 8.35. The maximum Gasteiger partial charge on any atom is 0.262 e. The molecule has 138 valence electrons. The molecular formula is C19H14Cl2N2O3S. The lowest BCUT2D eigenvalue weighted by Crippen LogP contribution is -2.14. The summed E-state index contributed by atoms with van der Waals surface area (Å²) in [5.74, 6) is 0.552. The van der Waals surface area contributed by atoms with Crippen LogP contribution in [0.5, 0.6) is 5.75 Å². The number of hydrogen-bond donors (Lipinski definition) is 2. The Kier molecular flexibility index (Phi) is 4.42. The van der Waals surface area contributed by atoms with Gasteiger partial charge in [-0.05, 0) is 30.3 Å². The summed E-state index contributed by atoms with van der Waals surface area (Å²) in [6.07, 6.45) is 0. The molecule has 0 atom stereocenters. The van der Waals surface area contributed by atoms with Gasteiger partial charge in [-0.1, -0.05) is 47.5 Å². The molecule has 4 rings (SSSR count). The van der Waals surface area contributed by atoms with Gasteiger partial charge in [-0.25, -0.2) is 8.42 Å². The van der Waals surface area contributed by atoms with Gasteiger partial charge in [0.2, 0.25) is 0 Å². The van der Waals surface area contributed by atoms with Crippen molar-refractivity contribution in [1.29, 1.82) is 0 Å². The Morgan fingerprint density at radius 2 is 1.67 bits per heavy atom. The van der Waals surface area contributed by atoms with Crippen molar-refractivity contribution in [3.63, 3.8) is 0 Å². The van der Waals surface area contributed by atoms with E-state index in [1.54, 1.807) is 24.3 Å². The number of aromatic nitrogens is 1. The number of sulfonamides is 1. The largest absolute Gasteiger partial charge is 0.495 e. The van der Waals surface area contributed by atoms with Gasteiger partial charge in [-0.2, -0.15) is 0 Å². The third-order valence-electron chi connectivity index (χ3n) is 4.29. The molecule has 27 heavy (non-hydrogen) atoms. The standard InChI is InChI=1S/C19H14Cl2N2O3S/c1-26-15-9-10-16(17-11-5-2-3-8-14(11)22-19(15)17)27(24,25)23-18-12(20)6-4-7-13(18)21/h2-10,22-23H,1H3. The summed E-state index contributed by atoms with van der Waals surface area (Å²) >= 11 is 12.3. The molecule has 0 spiro atoms. The van der Waals surface area contributed by atoms with Crippen LogP contribution in [-0.2, 0) is 10.0 Å². The smallest absolute Gasteiger partial charge is 0.262 e. The molecule has 4 aromatic rings. The monoisotopic (exact) mass is 420 g/mol. The molecule has 1 heterocycles. The Morgan fingerprint density at radius 3 is 2.37 bits per heavy atom. The lowest BCUT2D eigenvalue weighted by molar-refractivity contribution is 0.419. The number of ether oxygens (including phenoxy) is 1. The Balaban J connectivity index is 1.98. The summed E-state index contributed by atoms with van der Waals surface area (Å²) < 4.78 is 34.3. The van der Waals surface area contributed by atoms with E-state index in [4.69, 9.17) is 27.9 Å². The van der Waals surface area contributed by atoms with Crippen molar-refractivity contribution in [2.24, 2.45) is 0 Å². The van der Waals surface area contributed by atoms with Crippen molar-refractivity contribution in [3.05, 3.63) is 64.6 Å². The molecule has 3 aromatic carbocycles. The lowest BCUT2D eigenvalue weighted by Gasteiger charge is -2.13. The minimum Gasteiger partial charge on any atom is -0.495 e. The van der Waals surface area contributed by atoms with Crippen LogP contribution in [0.1, 0.15) is 0 Å². The van der Waals surface area contributed by atoms with Crippen LogP contribution in [0.4, 0.5) is 5.69 Å². The Bertz CT molecular complexity index is 1260. The topological polar surface area (TPSA) is 71.2 Å². The molecule has 0 bridgehead atoms. The van der Waals surface area contributed by atoms with E-state index in [2.05, 4.69) is 9.71 Å². The van der Waals surface area contributed by atoms with Gasteiger partial charge in [0.15, 0.2) is 0 Å². The summed E-state index contributed by atoms with van der Waals surface area (Å²) in [5, 5.41) is 1.75. The number of H-pyrrole nitrogens is 1. The van der Waals surface area contributed by atoms with Gasteiger partial charge in [0.25, 0.3) is 10.0 Å². The number of fused-ring (bicyclic) bond motifs is 3. The molecule has 1 aromatic heterocycles. The second-order valence-electron chi connectivity index (χ2n) is 5.89. The molecule has 0 fully saturated rings. The van der Waals surface area contributed by atoms with Crippen molar-refractivity contribution < 1.29 is 13.2 Å². The summed E-state index contributed by atoms with van der Waals surface area (Å²) in [5.41, 5.74) is 1.56. The molecule has 0 aliphatic rings. The quantitative estimate of drug-likeness (QED) is 0.461. The molecule has 0 unspecified atom stereocenters. The first-order chi connectivity index (χ1) is 12.9. The number of para-hydroxylation sites is 2. The Hall–Kier alpha value is -2.41. The fourth-order valence-corrected chi connectivity index (χ4v) is 5.01. The van der Waals surface area contributed by atoms with E-state index in [-0.39, 0.29) is 20.6 Å². The van der Waals surface area contributed by atoms with E-state index >= 15 is 0 Å². The normalized spacial score (nSPS) is 11.8. The van der Waals surface area contributed by atoms with E-state index < -0.39 is 10.0 Å². The van der Waals surface area contributed by atoms with E-state index in [0.717, 1.165) is 10.9 Å². The molecule has 8 heteroatoms. The van der Waals surface area contributed by atoms with Crippen LogP contribution in [0.3, 0.4) is 0 Å². The first-order valence-corrected chi connectivity index (χ1v) is 10.2. The van der Waals surface area contributed by atoms with Crippen LogP contribution in [0.15, 0.2) is 59.5 Å². The van der Waals surface area contributed by atoms with Crippen LogP contribution in [0.25, 0.3) is 21.8 Å². The fraction of sp³-hybridized carbons (Fsp3) is 0.0526. The van der Waals surface area contributed by atoms with Crippen LogP contribution >= 0.6 is 23.2 Å². The molecule has 0 amide bonds. The SMILES string of the molecule is COc1ccc(S(=O)(=O)Nc2c(Cl)cccc2Cl)c2c1[nH]c1ccccc12. The highest BCUT2D eigenvalue weighted by Gasteiger charge is 2.24. The molecule has 5 nitrogen and oxygen atoms in total. The van der Waals surface area contributed by atoms with Crippen LogP contribution in [0.2, 0.25) is 10.0 Å². The highest BCUT2D eigenvalue weighted by molar-refractivity contribution is 7.93. The molecule has 0 saturated heterocycles. The van der Waals surface area contributed by atoms with E-state index in [9.17, 15) is 8.42 Å². The number of anilines is 1. The van der Waals surface area contributed by atoms with E-state index in [0.29, 0.717) is 16.7 Å². The number of benzene rings is 3. The maximum atomic E-state index is 13.2. The average molecular weight is 421 g/mol. The maximum absolute atomic E-state index is 13.2. The van der Waals surface area contributed by atoms with Gasteiger partial charge in [0, 0.05) is 16.3 Å². The van der Waals surface area contributed by atoms with Crippen LogP contribution in [0, 0.1) is 0 Å². The van der Waals surface area contributed by atoms with Crippen LogP contribution < -0.4 is 9.46 Å². The Labute approximate surface area is 165 Å². The summed E-state index contributed by atoms with van der Waals surface area (Å²) in [6.45, 7) is 0. The molecular weight excluding hydrogens is 407 g/mol. The summed E-state index contributed by atoms with van der Waals surface area (Å²) in [4.78, 5) is 3.33. The summed E-state index contributed by atoms with van der Waals surface area (Å²) in [7, 11) is -2.43. The van der Waals surface area contributed by atoms with Crippen molar-refractivity contribution in [3.8, 4) is 5.75 Å². The van der Waals surface area contributed by atoms with Crippen molar-refractivity contribution in [2.45, 2.75) is 4.90 Å². The number of methoxy groups -OCH3 is 1. The zero-order valence-electron chi connectivity index (χ0n) is 14.1. The van der Waals surface area contributed by atoms with Gasteiger partial charge in [-0.15, -0.1) is 0 Å². The lowest BCUT2D eigenvalue weighted by atomic mass is 10.1. The van der Waals surface area contributed by atoms with Gasteiger partial charge in [0.1, 0.15) is 5.75 Å². The average Bonchev–Trinajstić information content (AvgIpc) is 3.03. The number of hydrogen-bond acceptors (Lipinski definition) is 3. The number of halogens is 2.